The van der Waals surface area contributed by atoms with Crippen LogP contribution in [0.4, 0.5) is 0 Å². The molecule has 0 spiro atoms. The Hall–Kier alpha value is -2.00. The molecule has 0 bridgehead atoms. The quantitative estimate of drug-likeness (QED) is 0.739. The molecule has 1 saturated heterocycles. The maximum absolute atomic E-state index is 5.46. The van der Waals surface area contributed by atoms with Crippen LogP contribution in [0.1, 0.15) is 31.2 Å². The average Bonchev–Trinajstić information content (AvgIpc) is 2.64. The van der Waals surface area contributed by atoms with Crippen LogP contribution in [-0.2, 0) is 4.74 Å². The minimum atomic E-state index is -0.0121. The molecule has 1 aromatic rings. The highest BCUT2D eigenvalue weighted by Gasteiger charge is 2.17. The first kappa shape index (κ1) is 15.9. The summed E-state index contributed by atoms with van der Waals surface area (Å²) >= 11 is 0. The Labute approximate surface area is 139 Å². The highest BCUT2D eigenvalue weighted by atomic mass is 16.5. The van der Waals surface area contributed by atoms with Gasteiger partial charge in [-0.05, 0) is 43.4 Å². The minimum Gasteiger partial charge on any atom is -0.379 e. The van der Waals surface area contributed by atoms with Gasteiger partial charge in [-0.1, -0.05) is 48.0 Å². The molecule has 0 N–H and O–H groups in total. The number of hydrogen-bond acceptors (Lipinski definition) is 2. The Morgan fingerprint density at radius 3 is 2.48 bits per heavy atom. The molecule has 1 aliphatic carbocycles. The van der Waals surface area contributed by atoms with Crippen molar-refractivity contribution < 1.29 is 4.74 Å². The van der Waals surface area contributed by atoms with Gasteiger partial charge in [0.05, 0.1) is 13.2 Å². The molecule has 0 amide bonds. The van der Waals surface area contributed by atoms with Gasteiger partial charge in [0.25, 0.3) is 0 Å². The predicted molar refractivity (Wildman–Crippen MR) is 93.8 cm³/mol. The standard InChI is InChI=1S/C21H23NO/c1-3-7-19(8-4-1)11-13-21(22-15-17-23-18-16-22)14-12-20-9-5-2-6-10-20/h1,3-4,7-9,21H,2,5-6,10,15-18H2. The van der Waals surface area contributed by atoms with Crippen LogP contribution in [0.25, 0.3) is 0 Å². The summed E-state index contributed by atoms with van der Waals surface area (Å²) in [4.78, 5) is 2.33. The first-order chi connectivity index (χ1) is 11.4. The largest absolute Gasteiger partial charge is 0.379 e. The topological polar surface area (TPSA) is 12.5 Å². The number of nitrogens with zero attached hydrogens (tertiary/aromatic N) is 1. The molecular weight excluding hydrogens is 282 g/mol. The highest BCUT2D eigenvalue weighted by molar-refractivity contribution is 5.39. The maximum Gasteiger partial charge on any atom is 0.134 e. The molecule has 1 aromatic carbocycles. The van der Waals surface area contributed by atoms with Crippen molar-refractivity contribution >= 4 is 0 Å². The van der Waals surface area contributed by atoms with Gasteiger partial charge in [0.15, 0.2) is 0 Å². The van der Waals surface area contributed by atoms with E-state index in [4.69, 9.17) is 4.74 Å². The fraction of sp³-hybridized carbons (Fsp3) is 0.429. The lowest BCUT2D eigenvalue weighted by Crippen LogP contribution is -2.42. The van der Waals surface area contributed by atoms with Gasteiger partial charge in [-0.25, -0.2) is 0 Å². The van der Waals surface area contributed by atoms with Gasteiger partial charge in [0.1, 0.15) is 6.04 Å². The molecular formula is C21H23NO. The molecule has 0 aromatic heterocycles. The molecule has 1 aliphatic heterocycles. The number of hydrogen-bond donors (Lipinski definition) is 0. The summed E-state index contributed by atoms with van der Waals surface area (Å²) in [5.74, 6) is 13.4. The van der Waals surface area contributed by atoms with Crippen LogP contribution in [0, 0.1) is 23.7 Å². The van der Waals surface area contributed by atoms with Gasteiger partial charge in [-0.3, -0.25) is 4.90 Å². The van der Waals surface area contributed by atoms with Gasteiger partial charge < -0.3 is 4.74 Å². The summed E-state index contributed by atoms with van der Waals surface area (Å²) in [5, 5.41) is 0. The van der Waals surface area contributed by atoms with E-state index in [0.29, 0.717) is 0 Å². The summed E-state index contributed by atoms with van der Waals surface area (Å²) in [6, 6.07) is 10.1. The van der Waals surface area contributed by atoms with E-state index in [1.54, 1.807) is 0 Å². The monoisotopic (exact) mass is 305 g/mol. The highest BCUT2D eigenvalue weighted by Crippen LogP contribution is 2.16. The number of rotatable bonds is 1. The van der Waals surface area contributed by atoms with Gasteiger partial charge in [0.2, 0.25) is 0 Å². The fourth-order valence-electron chi connectivity index (χ4n) is 2.84. The van der Waals surface area contributed by atoms with Crippen LogP contribution in [0.5, 0.6) is 0 Å². The van der Waals surface area contributed by atoms with E-state index in [0.717, 1.165) is 38.3 Å². The van der Waals surface area contributed by atoms with Gasteiger partial charge in [0, 0.05) is 18.7 Å². The Kier molecular flexibility index (Phi) is 5.93. The van der Waals surface area contributed by atoms with E-state index in [-0.39, 0.29) is 6.04 Å². The van der Waals surface area contributed by atoms with E-state index >= 15 is 0 Å². The first-order valence-electron chi connectivity index (χ1n) is 8.51. The number of benzene rings is 1. The molecule has 2 aliphatic rings. The lowest BCUT2D eigenvalue weighted by atomic mass is 10.00. The molecule has 1 atom stereocenters. The van der Waals surface area contributed by atoms with E-state index in [1.807, 2.05) is 30.3 Å². The smallest absolute Gasteiger partial charge is 0.134 e. The second kappa shape index (κ2) is 8.59. The maximum atomic E-state index is 5.46. The normalized spacial score (nSPS) is 19.6. The zero-order valence-electron chi connectivity index (χ0n) is 13.6. The lowest BCUT2D eigenvalue weighted by molar-refractivity contribution is 0.0356. The zero-order chi connectivity index (χ0) is 15.7. The van der Waals surface area contributed by atoms with Crippen LogP contribution in [0.2, 0.25) is 0 Å². The van der Waals surface area contributed by atoms with E-state index in [1.165, 1.54) is 24.8 Å². The number of allylic oxidation sites excluding steroid dienone is 2. The van der Waals surface area contributed by atoms with Crippen LogP contribution in [0.15, 0.2) is 42.0 Å². The molecule has 23 heavy (non-hydrogen) atoms. The Balaban J connectivity index is 1.77. The predicted octanol–water partition coefficient (Wildman–Crippen LogP) is 3.24. The molecule has 3 rings (SSSR count). The van der Waals surface area contributed by atoms with Gasteiger partial charge in [-0.15, -0.1) is 0 Å². The molecule has 0 saturated carbocycles. The number of ether oxygens (including phenoxy) is 1. The summed E-state index contributed by atoms with van der Waals surface area (Å²) in [7, 11) is 0. The Morgan fingerprint density at radius 1 is 0.957 bits per heavy atom. The zero-order valence-corrected chi connectivity index (χ0v) is 13.6. The van der Waals surface area contributed by atoms with Crippen LogP contribution < -0.4 is 0 Å². The minimum absolute atomic E-state index is 0.0121. The molecule has 1 heterocycles. The molecule has 1 fully saturated rings. The van der Waals surface area contributed by atoms with E-state index in [9.17, 15) is 0 Å². The van der Waals surface area contributed by atoms with Crippen molar-refractivity contribution in [2.24, 2.45) is 0 Å². The van der Waals surface area contributed by atoms with Crippen molar-refractivity contribution in [3.05, 3.63) is 47.5 Å². The molecule has 2 heteroatoms. The third-order valence-electron chi connectivity index (χ3n) is 4.20. The second-order valence-corrected chi connectivity index (χ2v) is 5.93. The van der Waals surface area contributed by atoms with E-state index in [2.05, 4.69) is 34.7 Å². The van der Waals surface area contributed by atoms with Crippen molar-refractivity contribution in [1.82, 2.24) is 4.90 Å². The molecule has 0 radical (unpaired) electrons. The van der Waals surface area contributed by atoms with Crippen molar-refractivity contribution in [2.45, 2.75) is 31.7 Å². The average molecular weight is 305 g/mol. The second-order valence-electron chi connectivity index (χ2n) is 5.93. The number of morpholine rings is 1. The first-order valence-corrected chi connectivity index (χ1v) is 8.51. The van der Waals surface area contributed by atoms with Crippen molar-refractivity contribution in [2.75, 3.05) is 26.3 Å². The Bertz CT molecular complexity index is 648. The lowest BCUT2D eigenvalue weighted by Gasteiger charge is -2.28. The Morgan fingerprint density at radius 2 is 1.74 bits per heavy atom. The van der Waals surface area contributed by atoms with Crippen molar-refractivity contribution in [1.29, 1.82) is 0 Å². The SMILES string of the molecule is C(#CC(C#Cc1ccccc1)N1CCOCC1)C1=CCCCC1. The van der Waals surface area contributed by atoms with Crippen molar-refractivity contribution in [3.8, 4) is 23.7 Å². The molecule has 118 valence electrons. The van der Waals surface area contributed by atoms with Crippen LogP contribution in [-0.4, -0.2) is 37.2 Å². The summed E-state index contributed by atoms with van der Waals surface area (Å²) in [6.07, 6.45) is 7.14. The van der Waals surface area contributed by atoms with E-state index < -0.39 is 0 Å². The van der Waals surface area contributed by atoms with Gasteiger partial charge in [-0.2, -0.15) is 0 Å². The van der Waals surface area contributed by atoms with Crippen LogP contribution >= 0.6 is 0 Å². The summed E-state index contributed by atoms with van der Waals surface area (Å²) < 4.78 is 5.46. The fourth-order valence-corrected chi connectivity index (χ4v) is 2.84. The molecule has 2 nitrogen and oxygen atoms in total. The third kappa shape index (κ3) is 5.00. The van der Waals surface area contributed by atoms with Crippen LogP contribution in [0.3, 0.4) is 0 Å². The summed E-state index contributed by atoms with van der Waals surface area (Å²) in [6.45, 7) is 3.35. The third-order valence-corrected chi connectivity index (χ3v) is 4.20. The van der Waals surface area contributed by atoms with Gasteiger partial charge >= 0.3 is 0 Å². The molecule has 1 unspecified atom stereocenters. The summed E-state index contributed by atoms with van der Waals surface area (Å²) in [5.41, 5.74) is 2.33. The van der Waals surface area contributed by atoms with Crippen molar-refractivity contribution in [3.63, 3.8) is 0 Å².